The quantitative estimate of drug-likeness (QED) is 0.716. The van der Waals surface area contributed by atoms with Crippen molar-refractivity contribution in [3.63, 3.8) is 0 Å². The Hall–Kier alpha value is -0.610. The first-order valence-corrected chi connectivity index (χ1v) is 6.18. The summed E-state index contributed by atoms with van der Waals surface area (Å²) in [7, 11) is 0. The van der Waals surface area contributed by atoms with Crippen molar-refractivity contribution < 1.29 is 9.90 Å². The maximum absolute atomic E-state index is 11.3. The summed E-state index contributed by atoms with van der Waals surface area (Å²) in [6.45, 7) is 9.46. The molecule has 1 aliphatic heterocycles. The van der Waals surface area contributed by atoms with Crippen LogP contribution in [0.3, 0.4) is 0 Å². The normalized spacial score (nSPS) is 25.6. The van der Waals surface area contributed by atoms with Crippen LogP contribution in [0.2, 0.25) is 0 Å². The van der Waals surface area contributed by atoms with E-state index in [-0.39, 0.29) is 0 Å². The highest BCUT2D eigenvalue weighted by atomic mass is 16.4. The minimum absolute atomic E-state index is 0.604. The SMILES string of the molecule is CCCNC(C)(CN1CCC(C)C1)C(=O)O. The Morgan fingerprint density at radius 1 is 1.62 bits per heavy atom. The maximum Gasteiger partial charge on any atom is 0.324 e. The molecule has 0 aromatic carbocycles. The lowest BCUT2D eigenvalue weighted by molar-refractivity contribution is -0.144. The third-order valence-corrected chi connectivity index (χ3v) is 3.29. The van der Waals surface area contributed by atoms with E-state index in [1.165, 1.54) is 6.42 Å². The molecule has 0 saturated carbocycles. The van der Waals surface area contributed by atoms with Gasteiger partial charge in [0.1, 0.15) is 5.54 Å². The van der Waals surface area contributed by atoms with Gasteiger partial charge in [0.25, 0.3) is 0 Å². The number of rotatable bonds is 6. The van der Waals surface area contributed by atoms with Gasteiger partial charge >= 0.3 is 5.97 Å². The van der Waals surface area contributed by atoms with Crippen LogP contribution in [0.1, 0.15) is 33.6 Å². The molecule has 2 atom stereocenters. The lowest BCUT2D eigenvalue weighted by atomic mass is 10.0. The monoisotopic (exact) mass is 228 g/mol. The smallest absolute Gasteiger partial charge is 0.324 e. The molecule has 4 nitrogen and oxygen atoms in total. The molecule has 0 bridgehead atoms. The van der Waals surface area contributed by atoms with Crippen LogP contribution >= 0.6 is 0 Å². The lowest BCUT2D eigenvalue weighted by Gasteiger charge is -2.31. The number of aliphatic carboxylic acids is 1. The molecule has 2 N–H and O–H groups in total. The Kier molecular flexibility index (Phi) is 4.74. The van der Waals surface area contributed by atoms with E-state index >= 15 is 0 Å². The fourth-order valence-electron chi connectivity index (χ4n) is 2.22. The number of carboxylic acids is 1. The predicted octanol–water partition coefficient (Wildman–Crippen LogP) is 1.17. The molecule has 1 heterocycles. The third kappa shape index (κ3) is 3.46. The Balaban J connectivity index is 2.53. The van der Waals surface area contributed by atoms with E-state index < -0.39 is 11.5 Å². The molecular formula is C12H24N2O2. The highest BCUT2D eigenvalue weighted by molar-refractivity contribution is 5.78. The molecule has 0 radical (unpaired) electrons. The van der Waals surface area contributed by atoms with Gasteiger partial charge in [-0.15, -0.1) is 0 Å². The molecule has 0 aromatic heterocycles. The average molecular weight is 228 g/mol. The molecule has 1 fully saturated rings. The van der Waals surface area contributed by atoms with Gasteiger partial charge in [-0.3, -0.25) is 4.79 Å². The zero-order chi connectivity index (χ0) is 12.2. The van der Waals surface area contributed by atoms with Gasteiger partial charge in [-0.05, 0) is 38.8 Å². The molecule has 0 aromatic rings. The molecule has 16 heavy (non-hydrogen) atoms. The van der Waals surface area contributed by atoms with Gasteiger partial charge in [-0.1, -0.05) is 13.8 Å². The van der Waals surface area contributed by atoms with Crippen LogP contribution in [0, 0.1) is 5.92 Å². The second kappa shape index (κ2) is 5.64. The van der Waals surface area contributed by atoms with E-state index in [1.54, 1.807) is 6.92 Å². The van der Waals surface area contributed by atoms with E-state index in [0.717, 1.165) is 26.1 Å². The number of nitrogens with one attached hydrogen (secondary N) is 1. The molecule has 1 aliphatic rings. The fourth-order valence-corrected chi connectivity index (χ4v) is 2.22. The van der Waals surface area contributed by atoms with Crippen molar-refractivity contribution >= 4 is 5.97 Å². The standard InChI is InChI=1S/C12H24N2O2/c1-4-6-13-12(3,11(15)16)9-14-7-5-10(2)8-14/h10,13H,4-9H2,1-3H3,(H,15,16). The molecular weight excluding hydrogens is 204 g/mol. The Morgan fingerprint density at radius 3 is 2.75 bits per heavy atom. The minimum atomic E-state index is -0.805. The van der Waals surface area contributed by atoms with E-state index in [2.05, 4.69) is 17.1 Å². The topological polar surface area (TPSA) is 52.6 Å². The van der Waals surface area contributed by atoms with Crippen LogP contribution in [0.5, 0.6) is 0 Å². The van der Waals surface area contributed by atoms with Gasteiger partial charge in [-0.25, -0.2) is 0 Å². The molecule has 0 spiro atoms. The molecule has 1 saturated heterocycles. The van der Waals surface area contributed by atoms with Crippen molar-refractivity contribution in [3.8, 4) is 0 Å². The fraction of sp³-hybridized carbons (Fsp3) is 0.917. The van der Waals surface area contributed by atoms with E-state index in [0.29, 0.717) is 12.5 Å². The summed E-state index contributed by atoms with van der Waals surface area (Å²) in [6, 6.07) is 0. The summed E-state index contributed by atoms with van der Waals surface area (Å²) in [4.78, 5) is 13.6. The van der Waals surface area contributed by atoms with Crippen molar-refractivity contribution in [1.29, 1.82) is 0 Å². The van der Waals surface area contributed by atoms with Gasteiger partial charge in [0.2, 0.25) is 0 Å². The number of likely N-dealkylation sites (tertiary alicyclic amines) is 1. The van der Waals surface area contributed by atoms with Gasteiger partial charge in [0.05, 0.1) is 0 Å². The summed E-state index contributed by atoms with van der Waals surface area (Å²) >= 11 is 0. The van der Waals surface area contributed by atoms with Crippen LogP contribution in [-0.4, -0.2) is 47.7 Å². The second-order valence-corrected chi connectivity index (χ2v) is 5.19. The predicted molar refractivity (Wildman–Crippen MR) is 64.6 cm³/mol. The van der Waals surface area contributed by atoms with Gasteiger partial charge in [0, 0.05) is 13.1 Å². The second-order valence-electron chi connectivity index (χ2n) is 5.19. The lowest BCUT2D eigenvalue weighted by Crippen LogP contribution is -2.56. The van der Waals surface area contributed by atoms with Crippen LogP contribution in [0.4, 0.5) is 0 Å². The first kappa shape index (κ1) is 13.5. The van der Waals surface area contributed by atoms with Crippen molar-refractivity contribution in [2.24, 2.45) is 5.92 Å². The third-order valence-electron chi connectivity index (χ3n) is 3.29. The zero-order valence-corrected chi connectivity index (χ0v) is 10.6. The van der Waals surface area contributed by atoms with Crippen molar-refractivity contribution in [1.82, 2.24) is 10.2 Å². The van der Waals surface area contributed by atoms with Crippen LogP contribution in [0.25, 0.3) is 0 Å². The molecule has 0 amide bonds. The average Bonchev–Trinajstić information content (AvgIpc) is 2.60. The van der Waals surface area contributed by atoms with Crippen LogP contribution in [0.15, 0.2) is 0 Å². The molecule has 2 unspecified atom stereocenters. The van der Waals surface area contributed by atoms with Gasteiger partial charge in [-0.2, -0.15) is 0 Å². The molecule has 0 aliphatic carbocycles. The highest BCUT2D eigenvalue weighted by Crippen LogP contribution is 2.18. The number of hydrogen-bond acceptors (Lipinski definition) is 3. The Bertz CT molecular complexity index is 245. The zero-order valence-electron chi connectivity index (χ0n) is 10.6. The summed E-state index contributed by atoms with van der Waals surface area (Å²) in [5, 5.41) is 12.4. The van der Waals surface area contributed by atoms with Gasteiger partial charge in [0.15, 0.2) is 0 Å². The maximum atomic E-state index is 11.3. The van der Waals surface area contributed by atoms with Gasteiger partial charge < -0.3 is 15.3 Å². The van der Waals surface area contributed by atoms with Crippen molar-refractivity contribution in [2.75, 3.05) is 26.2 Å². The summed E-state index contributed by atoms with van der Waals surface area (Å²) < 4.78 is 0. The number of nitrogens with zero attached hydrogens (tertiary/aromatic N) is 1. The first-order chi connectivity index (χ1) is 7.48. The van der Waals surface area contributed by atoms with E-state index in [4.69, 9.17) is 0 Å². The molecule has 1 rings (SSSR count). The van der Waals surface area contributed by atoms with Crippen LogP contribution in [-0.2, 0) is 4.79 Å². The Morgan fingerprint density at radius 2 is 2.31 bits per heavy atom. The van der Waals surface area contributed by atoms with Crippen molar-refractivity contribution in [3.05, 3.63) is 0 Å². The molecule has 4 heteroatoms. The highest BCUT2D eigenvalue weighted by Gasteiger charge is 2.35. The summed E-state index contributed by atoms with van der Waals surface area (Å²) in [6.07, 6.45) is 2.14. The van der Waals surface area contributed by atoms with E-state index in [9.17, 15) is 9.90 Å². The number of hydrogen-bond donors (Lipinski definition) is 2. The largest absolute Gasteiger partial charge is 0.480 e. The molecule has 94 valence electrons. The first-order valence-electron chi connectivity index (χ1n) is 6.18. The van der Waals surface area contributed by atoms with Crippen LogP contribution < -0.4 is 5.32 Å². The van der Waals surface area contributed by atoms with Crippen molar-refractivity contribution in [2.45, 2.75) is 39.2 Å². The minimum Gasteiger partial charge on any atom is -0.480 e. The summed E-state index contributed by atoms with van der Waals surface area (Å²) in [5.74, 6) is -0.0512. The number of carboxylic acid groups (broad SMARTS) is 1. The van der Waals surface area contributed by atoms with E-state index in [1.807, 2.05) is 6.92 Å². The Labute approximate surface area is 98.0 Å². The summed E-state index contributed by atoms with van der Waals surface area (Å²) in [5.41, 5.74) is -0.805. The number of carbonyl (C=O) groups is 1.